The van der Waals surface area contributed by atoms with E-state index >= 15 is 0 Å². The van der Waals surface area contributed by atoms with E-state index in [1.54, 1.807) is 29.4 Å². The quantitative estimate of drug-likeness (QED) is 0.858. The maximum Gasteiger partial charge on any atom is 0.255 e. The molecule has 1 saturated heterocycles. The number of hydrogen-bond donors (Lipinski definition) is 0. The molecule has 6 nitrogen and oxygen atoms in total. The highest BCUT2D eigenvalue weighted by Crippen LogP contribution is 2.13. The minimum Gasteiger partial charge on any atom is -0.375 e. The number of imidazole rings is 1. The van der Waals surface area contributed by atoms with Crippen molar-refractivity contribution in [2.75, 3.05) is 19.7 Å². The Morgan fingerprint density at radius 2 is 2.38 bits per heavy atom. The Bertz CT molecular complexity index is 595. The Morgan fingerprint density at radius 3 is 3.05 bits per heavy atom. The van der Waals surface area contributed by atoms with Gasteiger partial charge in [-0.3, -0.25) is 9.36 Å². The molecular weight excluding hydrogens is 268 g/mol. The van der Waals surface area contributed by atoms with Crippen molar-refractivity contribution >= 4 is 5.91 Å². The van der Waals surface area contributed by atoms with E-state index in [4.69, 9.17) is 4.74 Å². The third-order valence-corrected chi connectivity index (χ3v) is 3.65. The van der Waals surface area contributed by atoms with E-state index in [9.17, 15) is 4.79 Å². The lowest BCUT2D eigenvalue weighted by Crippen LogP contribution is -2.45. The molecule has 0 unspecified atom stereocenters. The molecule has 0 aliphatic carbocycles. The second-order valence-corrected chi connectivity index (χ2v) is 5.03. The molecule has 1 aliphatic heterocycles. The molecule has 21 heavy (non-hydrogen) atoms. The number of amides is 1. The molecule has 0 N–H and O–H groups in total. The molecule has 1 aliphatic rings. The minimum atomic E-state index is 0.0152. The van der Waals surface area contributed by atoms with Crippen LogP contribution in [-0.2, 0) is 4.74 Å². The van der Waals surface area contributed by atoms with Crippen molar-refractivity contribution in [3.8, 4) is 5.82 Å². The molecule has 1 atom stereocenters. The van der Waals surface area contributed by atoms with E-state index in [0.717, 1.165) is 12.2 Å². The summed E-state index contributed by atoms with van der Waals surface area (Å²) in [5, 5.41) is 0. The Labute approximate surface area is 123 Å². The Morgan fingerprint density at radius 1 is 1.48 bits per heavy atom. The van der Waals surface area contributed by atoms with Gasteiger partial charge in [-0.15, -0.1) is 0 Å². The van der Waals surface area contributed by atoms with E-state index in [1.165, 1.54) is 0 Å². The van der Waals surface area contributed by atoms with Crippen molar-refractivity contribution in [2.45, 2.75) is 19.4 Å². The highest BCUT2D eigenvalue weighted by molar-refractivity contribution is 5.94. The fourth-order valence-electron chi connectivity index (χ4n) is 2.39. The smallest absolute Gasteiger partial charge is 0.255 e. The average Bonchev–Trinajstić information content (AvgIpc) is 3.09. The van der Waals surface area contributed by atoms with Gasteiger partial charge in [0.2, 0.25) is 0 Å². The van der Waals surface area contributed by atoms with Crippen LogP contribution in [0.4, 0.5) is 0 Å². The van der Waals surface area contributed by atoms with Gasteiger partial charge in [0.25, 0.3) is 5.91 Å². The summed E-state index contributed by atoms with van der Waals surface area (Å²) >= 11 is 0. The van der Waals surface area contributed by atoms with Crippen LogP contribution in [0, 0.1) is 0 Å². The topological polar surface area (TPSA) is 60.2 Å². The lowest BCUT2D eigenvalue weighted by atomic mass is 10.2. The van der Waals surface area contributed by atoms with E-state index < -0.39 is 0 Å². The summed E-state index contributed by atoms with van der Waals surface area (Å²) in [4.78, 5) is 22.6. The number of carbonyl (C=O) groups excluding carboxylic acids is 1. The molecule has 0 saturated carbocycles. The van der Waals surface area contributed by atoms with Crippen LogP contribution < -0.4 is 0 Å². The number of carbonyl (C=O) groups is 1. The van der Waals surface area contributed by atoms with Crippen LogP contribution >= 0.6 is 0 Å². The summed E-state index contributed by atoms with van der Waals surface area (Å²) in [5.41, 5.74) is 0.607. The molecule has 2 aromatic heterocycles. The highest BCUT2D eigenvalue weighted by Gasteiger charge is 2.24. The normalized spacial score (nSPS) is 18.7. The van der Waals surface area contributed by atoms with Gasteiger partial charge in [0.15, 0.2) is 0 Å². The van der Waals surface area contributed by atoms with Gasteiger partial charge >= 0.3 is 0 Å². The summed E-state index contributed by atoms with van der Waals surface area (Å²) in [6.07, 6.45) is 7.87. The zero-order chi connectivity index (χ0) is 14.7. The number of nitrogens with zero attached hydrogens (tertiary/aromatic N) is 4. The first kappa shape index (κ1) is 13.8. The summed E-state index contributed by atoms with van der Waals surface area (Å²) in [6, 6.07) is 3.63. The monoisotopic (exact) mass is 286 g/mol. The Hall–Kier alpha value is -2.21. The van der Waals surface area contributed by atoms with Crippen molar-refractivity contribution in [2.24, 2.45) is 0 Å². The predicted octanol–water partition coefficient (Wildman–Crippen LogP) is 1.52. The predicted molar refractivity (Wildman–Crippen MR) is 77.3 cm³/mol. The van der Waals surface area contributed by atoms with Crippen molar-refractivity contribution in [1.82, 2.24) is 19.4 Å². The van der Waals surface area contributed by atoms with Crippen LogP contribution in [0.15, 0.2) is 37.1 Å². The zero-order valence-corrected chi connectivity index (χ0v) is 12.0. The van der Waals surface area contributed by atoms with Crippen molar-refractivity contribution in [1.29, 1.82) is 0 Å². The van der Waals surface area contributed by atoms with Gasteiger partial charge < -0.3 is 9.64 Å². The molecule has 0 radical (unpaired) electrons. The van der Waals surface area contributed by atoms with Crippen LogP contribution in [0.3, 0.4) is 0 Å². The van der Waals surface area contributed by atoms with Gasteiger partial charge in [0, 0.05) is 31.7 Å². The fourth-order valence-corrected chi connectivity index (χ4v) is 2.39. The fraction of sp³-hybridized carbons (Fsp3) is 0.400. The highest BCUT2D eigenvalue weighted by atomic mass is 16.5. The first-order valence-electron chi connectivity index (χ1n) is 7.13. The first-order chi connectivity index (χ1) is 10.3. The number of pyridine rings is 1. The Balaban J connectivity index is 1.73. The molecule has 110 valence electrons. The van der Waals surface area contributed by atoms with Gasteiger partial charge in [-0.05, 0) is 18.6 Å². The number of rotatable bonds is 3. The van der Waals surface area contributed by atoms with Crippen LogP contribution in [-0.4, -0.2) is 51.1 Å². The molecule has 2 aromatic rings. The zero-order valence-electron chi connectivity index (χ0n) is 12.0. The van der Waals surface area contributed by atoms with Gasteiger partial charge in [-0.1, -0.05) is 6.92 Å². The largest absolute Gasteiger partial charge is 0.375 e. The molecule has 6 heteroatoms. The number of hydrogen-bond acceptors (Lipinski definition) is 4. The number of ether oxygens (including phenoxy) is 1. The molecule has 1 amide bonds. The lowest BCUT2D eigenvalue weighted by Gasteiger charge is -2.32. The maximum atomic E-state index is 12.5. The van der Waals surface area contributed by atoms with Crippen LogP contribution in [0.2, 0.25) is 0 Å². The van der Waals surface area contributed by atoms with Crippen molar-refractivity contribution < 1.29 is 9.53 Å². The summed E-state index contributed by atoms with van der Waals surface area (Å²) in [6.45, 7) is 3.96. The lowest BCUT2D eigenvalue weighted by molar-refractivity contribution is -0.0226. The summed E-state index contributed by atoms with van der Waals surface area (Å²) in [7, 11) is 0. The molecule has 3 rings (SSSR count). The third kappa shape index (κ3) is 2.95. The van der Waals surface area contributed by atoms with Gasteiger partial charge in [0.1, 0.15) is 12.1 Å². The third-order valence-electron chi connectivity index (χ3n) is 3.65. The molecule has 0 bridgehead atoms. The molecule has 1 fully saturated rings. The first-order valence-corrected chi connectivity index (χ1v) is 7.13. The summed E-state index contributed by atoms with van der Waals surface area (Å²) < 4.78 is 7.39. The minimum absolute atomic E-state index is 0.0152. The SMILES string of the molecule is CC[C@@H]1CN(C(=O)c2ccc(-n3ccnc3)nc2)CCO1. The van der Waals surface area contributed by atoms with Crippen LogP contribution in [0.1, 0.15) is 23.7 Å². The van der Waals surface area contributed by atoms with E-state index in [0.29, 0.717) is 25.3 Å². The molecule has 0 spiro atoms. The van der Waals surface area contributed by atoms with E-state index in [1.807, 2.05) is 17.2 Å². The van der Waals surface area contributed by atoms with Gasteiger partial charge in [0.05, 0.1) is 18.3 Å². The van der Waals surface area contributed by atoms with Crippen LogP contribution in [0.25, 0.3) is 5.82 Å². The molecular formula is C15H18N4O2. The summed E-state index contributed by atoms with van der Waals surface area (Å²) in [5.74, 6) is 0.763. The number of morpholine rings is 1. The second kappa shape index (κ2) is 6.05. The molecule has 0 aromatic carbocycles. The van der Waals surface area contributed by atoms with E-state index in [2.05, 4.69) is 16.9 Å². The van der Waals surface area contributed by atoms with Crippen molar-refractivity contribution in [3.63, 3.8) is 0 Å². The number of aromatic nitrogens is 3. The average molecular weight is 286 g/mol. The van der Waals surface area contributed by atoms with Crippen molar-refractivity contribution in [3.05, 3.63) is 42.6 Å². The van der Waals surface area contributed by atoms with Crippen LogP contribution in [0.5, 0.6) is 0 Å². The van der Waals surface area contributed by atoms with E-state index in [-0.39, 0.29) is 12.0 Å². The van der Waals surface area contributed by atoms with Gasteiger partial charge in [-0.25, -0.2) is 9.97 Å². The Kier molecular flexibility index (Phi) is 3.96. The van der Waals surface area contributed by atoms with Gasteiger partial charge in [-0.2, -0.15) is 0 Å². The second-order valence-electron chi connectivity index (χ2n) is 5.03. The molecule has 3 heterocycles. The maximum absolute atomic E-state index is 12.5. The standard InChI is InChI=1S/C15H18N4O2/c1-2-13-10-18(7-8-21-13)15(20)12-3-4-14(17-9-12)19-6-5-16-11-19/h3-6,9,11,13H,2,7-8,10H2,1H3/t13-/m1/s1.